The van der Waals surface area contributed by atoms with Gasteiger partial charge in [0.15, 0.2) is 0 Å². The van der Waals surface area contributed by atoms with Gasteiger partial charge in [-0.3, -0.25) is 0 Å². The van der Waals surface area contributed by atoms with Crippen LogP contribution in [0.4, 0.5) is 9.59 Å². The van der Waals surface area contributed by atoms with Crippen molar-refractivity contribution < 1.29 is 19.1 Å². The molecule has 1 saturated heterocycles. The van der Waals surface area contributed by atoms with E-state index in [2.05, 4.69) is 12.2 Å². The Hall–Kier alpha value is -1.46. The van der Waals surface area contributed by atoms with E-state index in [0.29, 0.717) is 25.6 Å². The summed E-state index contributed by atoms with van der Waals surface area (Å²) in [7, 11) is 0. The van der Waals surface area contributed by atoms with Crippen LogP contribution < -0.4 is 5.32 Å². The first-order chi connectivity index (χ1) is 9.75. The van der Waals surface area contributed by atoms with E-state index in [-0.39, 0.29) is 12.1 Å². The molecular weight excluding hydrogens is 272 g/mol. The van der Waals surface area contributed by atoms with Crippen LogP contribution in [-0.2, 0) is 9.47 Å². The van der Waals surface area contributed by atoms with Gasteiger partial charge in [0.05, 0.1) is 12.6 Å². The molecule has 0 radical (unpaired) electrons. The van der Waals surface area contributed by atoms with E-state index in [1.807, 2.05) is 20.8 Å². The Morgan fingerprint density at radius 1 is 1.24 bits per heavy atom. The summed E-state index contributed by atoms with van der Waals surface area (Å²) in [6.07, 6.45) is 1.06. The highest BCUT2D eigenvalue weighted by Crippen LogP contribution is 2.22. The second kappa shape index (κ2) is 7.52. The number of carbonyl (C=O) groups excluding carboxylic acids is 2. The van der Waals surface area contributed by atoms with E-state index < -0.39 is 11.7 Å². The molecule has 122 valence electrons. The van der Waals surface area contributed by atoms with Crippen molar-refractivity contribution in [3.05, 3.63) is 0 Å². The van der Waals surface area contributed by atoms with Crippen molar-refractivity contribution >= 4 is 12.2 Å². The van der Waals surface area contributed by atoms with Crippen LogP contribution in [0.5, 0.6) is 0 Å². The molecule has 0 aromatic heterocycles. The van der Waals surface area contributed by atoms with Crippen LogP contribution in [0.2, 0.25) is 0 Å². The number of hydrogen-bond donors (Lipinski definition) is 1. The highest BCUT2D eigenvalue weighted by molar-refractivity contribution is 5.69. The minimum Gasteiger partial charge on any atom is -0.450 e. The average molecular weight is 300 g/mol. The Bertz CT molecular complexity index is 365. The molecule has 2 unspecified atom stereocenters. The van der Waals surface area contributed by atoms with Crippen LogP contribution in [-0.4, -0.2) is 48.4 Å². The molecule has 1 fully saturated rings. The number of rotatable bonds is 3. The lowest BCUT2D eigenvalue weighted by atomic mass is 9.92. The van der Waals surface area contributed by atoms with Gasteiger partial charge >= 0.3 is 12.2 Å². The van der Waals surface area contributed by atoms with Gasteiger partial charge in [-0.05, 0) is 40.0 Å². The topological polar surface area (TPSA) is 67.9 Å². The largest absolute Gasteiger partial charge is 0.450 e. The number of amides is 2. The van der Waals surface area contributed by atoms with Gasteiger partial charge in [0.25, 0.3) is 0 Å². The average Bonchev–Trinajstić information content (AvgIpc) is 2.36. The van der Waals surface area contributed by atoms with Crippen LogP contribution in [0, 0.1) is 5.92 Å². The van der Waals surface area contributed by atoms with Gasteiger partial charge in [-0.2, -0.15) is 0 Å². The third-order valence-corrected chi connectivity index (χ3v) is 3.36. The van der Waals surface area contributed by atoms with E-state index >= 15 is 0 Å². The van der Waals surface area contributed by atoms with Gasteiger partial charge in [0.2, 0.25) is 0 Å². The first kappa shape index (κ1) is 17.6. The predicted molar refractivity (Wildman–Crippen MR) is 80.2 cm³/mol. The Morgan fingerprint density at radius 2 is 1.90 bits per heavy atom. The molecule has 1 rings (SSSR count). The molecule has 2 amide bonds. The van der Waals surface area contributed by atoms with Crippen molar-refractivity contribution in [2.45, 2.75) is 59.1 Å². The molecule has 0 spiro atoms. The van der Waals surface area contributed by atoms with Crippen LogP contribution >= 0.6 is 0 Å². The first-order valence-electron chi connectivity index (χ1n) is 7.66. The number of alkyl carbamates (subject to hydrolysis) is 1. The monoisotopic (exact) mass is 300 g/mol. The maximum Gasteiger partial charge on any atom is 0.410 e. The van der Waals surface area contributed by atoms with Gasteiger partial charge in [0, 0.05) is 13.1 Å². The number of piperidine rings is 1. The van der Waals surface area contributed by atoms with Crippen LogP contribution in [0.25, 0.3) is 0 Å². The molecule has 0 bridgehead atoms. The second-order valence-electron chi connectivity index (χ2n) is 6.46. The number of carbonyl (C=O) groups is 2. The molecule has 21 heavy (non-hydrogen) atoms. The molecule has 2 atom stereocenters. The van der Waals surface area contributed by atoms with Crippen molar-refractivity contribution in [3.8, 4) is 0 Å². The zero-order valence-electron chi connectivity index (χ0n) is 13.8. The number of nitrogens with zero attached hydrogens (tertiary/aromatic N) is 1. The van der Waals surface area contributed by atoms with Gasteiger partial charge in [0.1, 0.15) is 5.60 Å². The number of hydrogen-bond acceptors (Lipinski definition) is 4. The summed E-state index contributed by atoms with van der Waals surface area (Å²) in [5, 5.41) is 2.82. The Labute approximate surface area is 127 Å². The quantitative estimate of drug-likeness (QED) is 0.870. The molecule has 1 N–H and O–H groups in total. The summed E-state index contributed by atoms with van der Waals surface area (Å²) in [4.78, 5) is 25.4. The minimum atomic E-state index is -0.514. The normalized spacial score (nSPS) is 22.6. The van der Waals surface area contributed by atoms with Crippen molar-refractivity contribution in [1.82, 2.24) is 10.2 Å². The zero-order valence-corrected chi connectivity index (χ0v) is 13.8. The SMILES string of the molecule is CCOC(=O)NC1CC(CC)CN(C(=O)OC(C)(C)C)C1. The summed E-state index contributed by atoms with van der Waals surface area (Å²) in [5.41, 5.74) is -0.514. The van der Waals surface area contributed by atoms with Crippen molar-refractivity contribution in [2.75, 3.05) is 19.7 Å². The van der Waals surface area contributed by atoms with E-state index in [4.69, 9.17) is 9.47 Å². The van der Waals surface area contributed by atoms with Crippen molar-refractivity contribution in [3.63, 3.8) is 0 Å². The molecule has 6 nitrogen and oxygen atoms in total. The fourth-order valence-corrected chi connectivity index (χ4v) is 2.42. The molecule has 0 aromatic carbocycles. The maximum atomic E-state index is 12.2. The highest BCUT2D eigenvalue weighted by atomic mass is 16.6. The summed E-state index contributed by atoms with van der Waals surface area (Å²) in [5.74, 6) is 0.359. The maximum absolute atomic E-state index is 12.2. The predicted octanol–water partition coefficient (Wildman–Crippen LogP) is 2.77. The molecule has 6 heteroatoms. The van der Waals surface area contributed by atoms with E-state index in [1.165, 1.54) is 0 Å². The summed E-state index contributed by atoms with van der Waals surface area (Å²) in [6, 6.07) is -0.0877. The highest BCUT2D eigenvalue weighted by Gasteiger charge is 2.32. The fraction of sp³-hybridized carbons (Fsp3) is 0.867. The van der Waals surface area contributed by atoms with Gasteiger partial charge in [-0.15, -0.1) is 0 Å². The molecule has 0 saturated carbocycles. The summed E-state index contributed by atoms with van der Waals surface area (Å²) in [6.45, 7) is 10.9. The van der Waals surface area contributed by atoms with E-state index in [0.717, 1.165) is 12.8 Å². The molecule has 1 aliphatic rings. The lowest BCUT2D eigenvalue weighted by Crippen LogP contribution is -2.53. The lowest BCUT2D eigenvalue weighted by molar-refractivity contribution is 0.0122. The summed E-state index contributed by atoms with van der Waals surface area (Å²) >= 11 is 0. The van der Waals surface area contributed by atoms with E-state index in [9.17, 15) is 9.59 Å². The smallest absolute Gasteiger partial charge is 0.410 e. The van der Waals surface area contributed by atoms with E-state index in [1.54, 1.807) is 11.8 Å². The minimum absolute atomic E-state index is 0.0877. The second-order valence-corrected chi connectivity index (χ2v) is 6.46. The fourth-order valence-electron chi connectivity index (χ4n) is 2.42. The molecule has 1 heterocycles. The van der Waals surface area contributed by atoms with Crippen LogP contribution in [0.15, 0.2) is 0 Å². The van der Waals surface area contributed by atoms with Gasteiger partial charge in [-0.25, -0.2) is 9.59 Å². The molecule has 0 aliphatic carbocycles. The standard InChI is InChI=1S/C15H28N2O4/c1-6-11-8-12(16-13(18)20-7-2)10-17(9-11)14(19)21-15(3,4)5/h11-12H,6-10H2,1-5H3,(H,16,18). The Kier molecular flexibility index (Phi) is 6.30. The molecule has 0 aromatic rings. The number of likely N-dealkylation sites (tertiary alicyclic amines) is 1. The van der Waals surface area contributed by atoms with Crippen molar-refractivity contribution in [2.24, 2.45) is 5.92 Å². The number of ether oxygens (including phenoxy) is 2. The third-order valence-electron chi connectivity index (χ3n) is 3.36. The first-order valence-corrected chi connectivity index (χ1v) is 7.66. The Balaban J connectivity index is 2.64. The van der Waals surface area contributed by atoms with Gasteiger partial charge < -0.3 is 19.7 Å². The van der Waals surface area contributed by atoms with Crippen LogP contribution in [0.3, 0.4) is 0 Å². The number of nitrogens with one attached hydrogen (secondary N) is 1. The summed E-state index contributed by atoms with van der Waals surface area (Å²) < 4.78 is 10.3. The zero-order chi connectivity index (χ0) is 16.0. The molecular formula is C15H28N2O4. The van der Waals surface area contributed by atoms with Gasteiger partial charge in [-0.1, -0.05) is 13.3 Å². The van der Waals surface area contributed by atoms with Crippen molar-refractivity contribution in [1.29, 1.82) is 0 Å². The van der Waals surface area contributed by atoms with Crippen LogP contribution in [0.1, 0.15) is 47.5 Å². The Morgan fingerprint density at radius 3 is 2.43 bits per heavy atom. The third kappa shape index (κ3) is 6.23. The molecule has 1 aliphatic heterocycles. The lowest BCUT2D eigenvalue weighted by Gasteiger charge is -2.38.